The summed E-state index contributed by atoms with van der Waals surface area (Å²) in [6, 6.07) is 4.67. The lowest BCUT2D eigenvalue weighted by Gasteiger charge is -2.14. The van der Waals surface area contributed by atoms with Crippen LogP contribution in [0, 0.1) is 6.92 Å². The van der Waals surface area contributed by atoms with Crippen molar-refractivity contribution >= 4 is 5.97 Å². The van der Waals surface area contributed by atoms with Crippen molar-refractivity contribution in [2.24, 2.45) is 0 Å². The number of carboxylic acid groups (broad SMARTS) is 1. The molecule has 0 saturated heterocycles. The second-order valence-corrected chi connectivity index (χ2v) is 4.68. The minimum absolute atomic E-state index is 0.0794. The fourth-order valence-electron chi connectivity index (χ4n) is 1.59. The minimum atomic E-state index is -1.00. The van der Waals surface area contributed by atoms with E-state index in [9.17, 15) is 9.90 Å². The molecule has 1 rings (SSSR count). The van der Waals surface area contributed by atoms with Gasteiger partial charge in [0.2, 0.25) is 0 Å². The predicted molar refractivity (Wildman–Crippen MR) is 75.4 cm³/mol. The zero-order valence-electron chi connectivity index (χ0n) is 12.0. The third-order valence-electron chi connectivity index (χ3n) is 2.82. The van der Waals surface area contributed by atoms with E-state index in [2.05, 4.69) is 6.92 Å². The van der Waals surface area contributed by atoms with Crippen LogP contribution in [0.15, 0.2) is 18.2 Å². The molecule has 0 aliphatic rings. The number of aliphatic hydroxyl groups excluding tert-OH is 1. The van der Waals surface area contributed by atoms with Crippen LogP contribution in [0.4, 0.5) is 0 Å². The highest BCUT2D eigenvalue weighted by Crippen LogP contribution is 2.19. The first kappa shape index (κ1) is 16.5. The molecule has 1 unspecified atom stereocenters. The number of hydrogen-bond acceptors (Lipinski definition) is 4. The average Bonchev–Trinajstić information content (AvgIpc) is 2.42. The fourth-order valence-corrected chi connectivity index (χ4v) is 1.59. The van der Waals surface area contributed by atoms with E-state index in [0.29, 0.717) is 12.4 Å². The van der Waals surface area contributed by atoms with E-state index < -0.39 is 12.1 Å². The second kappa shape index (κ2) is 8.55. The highest BCUT2D eigenvalue weighted by Gasteiger charge is 2.10. The van der Waals surface area contributed by atoms with E-state index in [0.717, 1.165) is 18.4 Å². The van der Waals surface area contributed by atoms with Gasteiger partial charge in [0.15, 0.2) is 0 Å². The van der Waals surface area contributed by atoms with Gasteiger partial charge in [-0.3, -0.25) is 0 Å². The van der Waals surface area contributed by atoms with Crippen molar-refractivity contribution in [2.45, 2.75) is 32.8 Å². The Balaban J connectivity index is 2.44. The molecular weight excluding hydrogens is 260 g/mol. The van der Waals surface area contributed by atoms with Gasteiger partial charge in [0.1, 0.15) is 18.5 Å². The van der Waals surface area contributed by atoms with E-state index in [-0.39, 0.29) is 18.8 Å². The Morgan fingerprint density at radius 3 is 2.75 bits per heavy atom. The van der Waals surface area contributed by atoms with Crippen LogP contribution in [0.1, 0.15) is 35.7 Å². The maximum absolute atomic E-state index is 10.9. The standard InChI is InChI=1S/C15H22O5/c1-3-4-7-19-9-13(16)10-20-14-8-12(15(17)18)6-5-11(14)2/h5-6,8,13,16H,3-4,7,9-10H2,1-2H3,(H,17,18). The molecule has 1 aromatic carbocycles. The van der Waals surface area contributed by atoms with Crippen LogP contribution in [0.5, 0.6) is 5.75 Å². The summed E-state index contributed by atoms with van der Waals surface area (Å²) in [5.41, 5.74) is 0.994. The molecule has 0 saturated carbocycles. The number of carboxylic acids is 1. The molecule has 1 aromatic rings. The van der Waals surface area contributed by atoms with Gasteiger partial charge in [-0.15, -0.1) is 0 Å². The number of aliphatic hydroxyl groups is 1. The van der Waals surface area contributed by atoms with Crippen molar-refractivity contribution < 1.29 is 24.5 Å². The molecule has 112 valence electrons. The first-order chi connectivity index (χ1) is 9.54. The number of hydrogen-bond donors (Lipinski definition) is 2. The Hall–Kier alpha value is -1.59. The normalized spacial score (nSPS) is 12.2. The zero-order valence-corrected chi connectivity index (χ0v) is 12.0. The Bertz CT molecular complexity index is 430. The van der Waals surface area contributed by atoms with Gasteiger partial charge in [0.25, 0.3) is 0 Å². The number of carbonyl (C=O) groups is 1. The summed E-state index contributed by atoms with van der Waals surface area (Å²) in [5, 5.41) is 18.6. The van der Waals surface area contributed by atoms with Crippen LogP contribution in [0.25, 0.3) is 0 Å². The summed E-state index contributed by atoms with van der Waals surface area (Å²) in [6.45, 7) is 4.82. The summed E-state index contributed by atoms with van der Waals surface area (Å²) in [4.78, 5) is 10.9. The summed E-state index contributed by atoms with van der Waals surface area (Å²) < 4.78 is 10.7. The van der Waals surface area contributed by atoms with Crippen LogP contribution in [-0.2, 0) is 4.74 Å². The van der Waals surface area contributed by atoms with Crippen molar-refractivity contribution in [2.75, 3.05) is 19.8 Å². The fraction of sp³-hybridized carbons (Fsp3) is 0.533. The van der Waals surface area contributed by atoms with Gasteiger partial charge in [0, 0.05) is 6.61 Å². The van der Waals surface area contributed by atoms with E-state index >= 15 is 0 Å². The van der Waals surface area contributed by atoms with Gasteiger partial charge in [-0.2, -0.15) is 0 Å². The molecule has 5 heteroatoms. The lowest BCUT2D eigenvalue weighted by atomic mass is 10.1. The number of ether oxygens (including phenoxy) is 2. The molecule has 2 N–H and O–H groups in total. The predicted octanol–water partition coefficient (Wildman–Crippen LogP) is 2.25. The van der Waals surface area contributed by atoms with Crippen molar-refractivity contribution in [3.05, 3.63) is 29.3 Å². The van der Waals surface area contributed by atoms with Gasteiger partial charge >= 0.3 is 5.97 Å². The number of aromatic carboxylic acids is 1. The van der Waals surface area contributed by atoms with Crippen LogP contribution >= 0.6 is 0 Å². The number of unbranched alkanes of at least 4 members (excludes halogenated alkanes) is 1. The summed E-state index contributed by atoms with van der Waals surface area (Å²) in [5.74, 6) is -0.532. The van der Waals surface area contributed by atoms with Crippen molar-refractivity contribution in [1.29, 1.82) is 0 Å². The van der Waals surface area contributed by atoms with Crippen molar-refractivity contribution in [3.63, 3.8) is 0 Å². The molecule has 0 bridgehead atoms. The maximum atomic E-state index is 10.9. The quantitative estimate of drug-likeness (QED) is 0.679. The Labute approximate surface area is 119 Å². The van der Waals surface area contributed by atoms with Gasteiger partial charge in [-0.1, -0.05) is 19.4 Å². The van der Waals surface area contributed by atoms with Gasteiger partial charge < -0.3 is 19.7 Å². The van der Waals surface area contributed by atoms with Crippen molar-refractivity contribution in [1.82, 2.24) is 0 Å². The number of rotatable bonds is 9. The molecule has 0 aliphatic carbocycles. The molecule has 0 heterocycles. The van der Waals surface area contributed by atoms with E-state index in [1.165, 1.54) is 12.1 Å². The molecule has 0 amide bonds. The smallest absolute Gasteiger partial charge is 0.335 e. The molecule has 0 fully saturated rings. The second-order valence-electron chi connectivity index (χ2n) is 4.68. The lowest BCUT2D eigenvalue weighted by Crippen LogP contribution is -2.24. The monoisotopic (exact) mass is 282 g/mol. The van der Waals surface area contributed by atoms with Crippen molar-refractivity contribution in [3.8, 4) is 5.75 Å². The van der Waals surface area contributed by atoms with Crippen LogP contribution in [0.2, 0.25) is 0 Å². The summed E-state index contributed by atoms with van der Waals surface area (Å²) in [6.07, 6.45) is 1.29. The Kier molecular flexibility index (Phi) is 7.04. The van der Waals surface area contributed by atoms with E-state index in [4.69, 9.17) is 14.6 Å². The Morgan fingerprint density at radius 1 is 1.35 bits per heavy atom. The first-order valence-corrected chi connectivity index (χ1v) is 6.77. The molecule has 1 atom stereocenters. The molecule has 5 nitrogen and oxygen atoms in total. The lowest BCUT2D eigenvalue weighted by molar-refractivity contribution is 0.0112. The van der Waals surface area contributed by atoms with E-state index in [1.807, 2.05) is 6.92 Å². The third kappa shape index (κ3) is 5.59. The topological polar surface area (TPSA) is 76.0 Å². The largest absolute Gasteiger partial charge is 0.491 e. The molecule has 0 spiro atoms. The molecule has 0 aromatic heterocycles. The van der Waals surface area contributed by atoms with Gasteiger partial charge in [-0.25, -0.2) is 4.79 Å². The minimum Gasteiger partial charge on any atom is -0.491 e. The summed E-state index contributed by atoms with van der Waals surface area (Å²) in [7, 11) is 0. The van der Waals surface area contributed by atoms with Gasteiger partial charge in [-0.05, 0) is 31.0 Å². The highest BCUT2D eigenvalue weighted by molar-refractivity contribution is 5.88. The molecule has 0 radical (unpaired) electrons. The summed E-state index contributed by atoms with van der Waals surface area (Å²) >= 11 is 0. The third-order valence-corrected chi connectivity index (χ3v) is 2.82. The number of benzene rings is 1. The first-order valence-electron chi connectivity index (χ1n) is 6.77. The molecule has 20 heavy (non-hydrogen) atoms. The number of aryl methyl sites for hydroxylation is 1. The van der Waals surface area contributed by atoms with Crippen LogP contribution in [-0.4, -0.2) is 42.1 Å². The average molecular weight is 282 g/mol. The zero-order chi connectivity index (χ0) is 15.0. The van der Waals surface area contributed by atoms with Crippen LogP contribution in [0.3, 0.4) is 0 Å². The maximum Gasteiger partial charge on any atom is 0.335 e. The van der Waals surface area contributed by atoms with Crippen LogP contribution < -0.4 is 4.74 Å². The SMILES string of the molecule is CCCCOCC(O)COc1cc(C(=O)O)ccc1C. The highest BCUT2D eigenvalue weighted by atomic mass is 16.5. The Morgan fingerprint density at radius 2 is 2.10 bits per heavy atom. The molecule has 0 aliphatic heterocycles. The molecular formula is C15H22O5. The van der Waals surface area contributed by atoms with E-state index in [1.54, 1.807) is 6.07 Å². The van der Waals surface area contributed by atoms with Gasteiger partial charge in [0.05, 0.1) is 12.2 Å².